The normalized spacial score (nSPS) is 24.0. The first-order valence-corrected chi connectivity index (χ1v) is 9.29. The van der Waals surface area contributed by atoms with Crippen molar-refractivity contribution in [2.45, 2.75) is 66.2 Å². The Balaban J connectivity index is 1.72. The summed E-state index contributed by atoms with van der Waals surface area (Å²) in [7, 11) is 0. The number of likely N-dealkylation sites (tertiary alicyclic amines) is 1. The van der Waals surface area contributed by atoms with Crippen LogP contribution >= 0.6 is 12.6 Å². The molecule has 2 rings (SSSR count). The van der Waals surface area contributed by atoms with Crippen molar-refractivity contribution in [3.05, 3.63) is 0 Å². The number of carbonyl (C=O) groups excluding carboxylic acids is 1. The van der Waals surface area contributed by atoms with E-state index in [1.807, 2.05) is 20.8 Å². The molecule has 1 aliphatic carbocycles. The highest BCUT2D eigenvalue weighted by atomic mass is 32.1. The van der Waals surface area contributed by atoms with Crippen molar-refractivity contribution < 1.29 is 4.79 Å². The lowest BCUT2D eigenvalue weighted by Crippen LogP contribution is -2.61. The molecule has 1 unspecified atom stereocenters. The SMILES string of the molecule is CC(CS)CCC1CCC2(CC1)CN(C(=O)C(C)(C)C)C2. The molecule has 1 aliphatic heterocycles. The molecule has 1 saturated carbocycles. The van der Waals surface area contributed by atoms with Gasteiger partial charge in [0.05, 0.1) is 0 Å². The Morgan fingerprint density at radius 1 is 1.29 bits per heavy atom. The third kappa shape index (κ3) is 4.18. The summed E-state index contributed by atoms with van der Waals surface area (Å²) in [4.78, 5) is 14.4. The number of thiol groups is 1. The second-order valence-corrected chi connectivity index (χ2v) is 9.08. The molecule has 21 heavy (non-hydrogen) atoms. The zero-order chi connectivity index (χ0) is 15.7. The van der Waals surface area contributed by atoms with Crippen LogP contribution in [0.2, 0.25) is 0 Å². The zero-order valence-corrected chi connectivity index (χ0v) is 15.2. The van der Waals surface area contributed by atoms with Gasteiger partial charge in [-0.25, -0.2) is 0 Å². The topological polar surface area (TPSA) is 20.3 Å². The van der Waals surface area contributed by atoms with E-state index in [0.29, 0.717) is 11.3 Å². The average Bonchev–Trinajstić information content (AvgIpc) is 2.41. The number of hydrogen-bond donors (Lipinski definition) is 1. The molecule has 0 bridgehead atoms. The number of hydrogen-bond acceptors (Lipinski definition) is 2. The van der Waals surface area contributed by atoms with Crippen LogP contribution in [0.5, 0.6) is 0 Å². The Kier molecular flexibility index (Phi) is 5.33. The molecule has 1 atom stereocenters. The molecule has 0 N–H and O–H groups in total. The maximum Gasteiger partial charge on any atom is 0.227 e. The maximum atomic E-state index is 12.3. The van der Waals surface area contributed by atoms with E-state index < -0.39 is 0 Å². The van der Waals surface area contributed by atoms with E-state index in [2.05, 4.69) is 24.5 Å². The summed E-state index contributed by atoms with van der Waals surface area (Å²) < 4.78 is 0. The molecular formula is C18H33NOS. The predicted octanol–water partition coefficient (Wildman–Crippen LogP) is 4.40. The molecule has 1 saturated heterocycles. The number of nitrogens with zero attached hydrogens (tertiary/aromatic N) is 1. The molecule has 2 nitrogen and oxygen atoms in total. The lowest BCUT2D eigenvalue weighted by Gasteiger charge is -2.54. The Morgan fingerprint density at radius 3 is 2.33 bits per heavy atom. The van der Waals surface area contributed by atoms with Gasteiger partial charge in [0.2, 0.25) is 5.91 Å². The third-order valence-electron chi connectivity index (χ3n) is 5.53. The summed E-state index contributed by atoms with van der Waals surface area (Å²) in [5.41, 5.74) is 0.258. The Morgan fingerprint density at radius 2 is 1.86 bits per heavy atom. The summed E-state index contributed by atoms with van der Waals surface area (Å²) in [6.07, 6.45) is 8.12. The van der Waals surface area contributed by atoms with Gasteiger partial charge in [0.1, 0.15) is 0 Å². The minimum Gasteiger partial charge on any atom is -0.341 e. The smallest absolute Gasteiger partial charge is 0.227 e. The van der Waals surface area contributed by atoms with Crippen LogP contribution in [0.3, 0.4) is 0 Å². The second kappa shape index (κ2) is 6.52. The van der Waals surface area contributed by atoms with Gasteiger partial charge in [0, 0.05) is 23.9 Å². The molecule has 3 heteroatoms. The zero-order valence-electron chi connectivity index (χ0n) is 14.3. The van der Waals surface area contributed by atoms with E-state index in [-0.39, 0.29) is 5.41 Å². The van der Waals surface area contributed by atoms with Crippen molar-refractivity contribution >= 4 is 18.5 Å². The number of amides is 1. The van der Waals surface area contributed by atoms with Crippen LogP contribution in [0.25, 0.3) is 0 Å². The molecule has 1 heterocycles. The summed E-state index contributed by atoms with van der Waals surface area (Å²) in [5, 5.41) is 0. The van der Waals surface area contributed by atoms with Gasteiger partial charge >= 0.3 is 0 Å². The standard InChI is InChI=1S/C18H33NOS/c1-14(11-21)5-6-15-7-9-18(10-8-15)12-19(13-18)16(20)17(2,3)4/h14-15,21H,5-13H2,1-4H3. The first kappa shape index (κ1) is 17.2. The molecule has 0 aromatic rings. The highest BCUT2D eigenvalue weighted by Gasteiger charge is 2.48. The van der Waals surface area contributed by atoms with Crippen molar-refractivity contribution in [1.82, 2.24) is 4.90 Å². The van der Waals surface area contributed by atoms with Gasteiger partial charge in [0.15, 0.2) is 0 Å². The minimum absolute atomic E-state index is 0.220. The first-order chi connectivity index (χ1) is 9.76. The molecule has 122 valence electrons. The van der Waals surface area contributed by atoms with Crippen molar-refractivity contribution in [3.63, 3.8) is 0 Å². The number of rotatable bonds is 4. The fourth-order valence-electron chi connectivity index (χ4n) is 3.89. The summed E-state index contributed by atoms with van der Waals surface area (Å²) in [6.45, 7) is 10.4. The lowest BCUT2D eigenvalue weighted by atomic mass is 9.64. The van der Waals surface area contributed by atoms with Crippen LogP contribution in [0.1, 0.15) is 66.2 Å². The largest absolute Gasteiger partial charge is 0.341 e. The minimum atomic E-state index is -0.220. The van der Waals surface area contributed by atoms with Crippen LogP contribution in [-0.2, 0) is 4.79 Å². The van der Waals surface area contributed by atoms with Crippen molar-refractivity contribution in [3.8, 4) is 0 Å². The van der Waals surface area contributed by atoms with Crippen molar-refractivity contribution in [1.29, 1.82) is 0 Å². The quantitative estimate of drug-likeness (QED) is 0.763. The van der Waals surface area contributed by atoms with E-state index in [1.54, 1.807) is 0 Å². The maximum absolute atomic E-state index is 12.3. The van der Waals surface area contributed by atoms with E-state index >= 15 is 0 Å². The lowest BCUT2D eigenvalue weighted by molar-refractivity contribution is -0.155. The Labute approximate surface area is 136 Å². The molecule has 0 aromatic heterocycles. The molecular weight excluding hydrogens is 278 g/mol. The number of carbonyl (C=O) groups is 1. The fourth-order valence-corrected chi connectivity index (χ4v) is 4.07. The molecule has 1 spiro atoms. The van der Waals surface area contributed by atoms with Crippen molar-refractivity contribution in [2.24, 2.45) is 22.7 Å². The van der Waals surface area contributed by atoms with E-state index in [4.69, 9.17) is 0 Å². The van der Waals surface area contributed by atoms with Crippen LogP contribution in [0.15, 0.2) is 0 Å². The van der Waals surface area contributed by atoms with E-state index in [9.17, 15) is 4.79 Å². The van der Waals surface area contributed by atoms with Gasteiger partial charge in [-0.2, -0.15) is 12.6 Å². The molecule has 0 aromatic carbocycles. The van der Waals surface area contributed by atoms with Gasteiger partial charge in [-0.3, -0.25) is 4.79 Å². The second-order valence-electron chi connectivity index (χ2n) is 8.72. The van der Waals surface area contributed by atoms with Crippen LogP contribution in [-0.4, -0.2) is 29.6 Å². The van der Waals surface area contributed by atoms with E-state index in [0.717, 1.165) is 30.7 Å². The average molecular weight is 312 g/mol. The first-order valence-electron chi connectivity index (χ1n) is 8.66. The molecule has 1 amide bonds. The summed E-state index contributed by atoms with van der Waals surface area (Å²) >= 11 is 4.38. The van der Waals surface area contributed by atoms with Gasteiger partial charge in [-0.1, -0.05) is 34.1 Å². The van der Waals surface area contributed by atoms with Gasteiger partial charge < -0.3 is 4.90 Å². The Bertz CT molecular complexity index is 358. The highest BCUT2D eigenvalue weighted by Crippen LogP contribution is 2.47. The van der Waals surface area contributed by atoms with E-state index in [1.165, 1.54) is 38.5 Å². The summed E-state index contributed by atoms with van der Waals surface area (Å²) in [6, 6.07) is 0. The monoisotopic (exact) mass is 311 g/mol. The Hall–Kier alpha value is -0.180. The van der Waals surface area contributed by atoms with Crippen LogP contribution in [0.4, 0.5) is 0 Å². The van der Waals surface area contributed by atoms with Crippen LogP contribution < -0.4 is 0 Å². The van der Waals surface area contributed by atoms with Crippen molar-refractivity contribution in [2.75, 3.05) is 18.8 Å². The van der Waals surface area contributed by atoms with Crippen LogP contribution in [0, 0.1) is 22.7 Å². The summed E-state index contributed by atoms with van der Waals surface area (Å²) in [5.74, 6) is 3.02. The molecule has 2 fully saturated rings. The van der Waals surface area contributed by atoms with Gasteiger partial charge in [-0.15, -0.1) is 0 Å². The molecule has 2 aliphatic rings. The van der Waals surface area contributed by atoms with Gasteiger partial charge in [-0.05, 0) is 49.7 Å². The van der Waals surface area contributed by atoms with Gasteiger partial charge in [0.25, 0.3) is 0 Å². The fraction of sp³-hybridized carbons (Fsp3) is 0.944. The highest BCUT2D eigenvalue weighted by molar-refractivity contribution is 7.80. The third-order valence-corrected chi connectivity index (χ3v) is 6.15. The molecule has 0 radical (unpaired) electrons. The predicted molar refractivity (Wildman–Crippen MR) is 92.7 cm³/mol.